The van der Waals surface area contributed by atoms with Gasteiger partial charge < -0.3 is 184 Å². The van der Waals surface area contributed by atoms with Gasteiger partial charge in [0, 0.05) is 0 Å². The lowest BCUT2D eigenvalue weighted by atomic mass is 9.41. The molecule has 7 saturated heterocycles. The van der Waals surface area contributed by atoms with Crippen molar-refractivity contribution in [3.63, 3.8) is 0 Å². The van der Waals surface area contributed by atoms with Gasteiger partial charge in [-0.15, -0.1) is 0 Å². The molecule has 100 heavy (non-hydrogen) atoms. The lowest BCUT2D eigenvalue weighted by molar-refractivity contribution is -0.400. The van der Waals surface area contributed by atoms with E-state index in [4.69, 9.17) is 66.3 Å². The third-order valence-corrected chi connectivity index (χ3v) is 23.4. The van der Waals surface area contributed by atoms with E-state index in [0.717, 1.165) is 0 Å². The highest BCUT2D eigenvalue weighted by Crippen LogP contribution is 2.74. The van der Waals surface area contributed by atoms with Crippen LogP contribution in [0.2, 0.25) is 0 Å². The van der Waals surface area contributed by atoms with Crippen LogP contribution in [0.15, 0.2) is 12.2 Å². The maximum Gasteiger partial charge on any atom is 0.314 e. The van der Waals surface area contributed by atoms with Gasteiger partial charge in [0.2, 0.25) is 6.29 Å². The van der Waals surface area contributed by atoms with Crippen LogP contribution in [0, 0.1) is 28.1 Å². The molecule has 4 saturated carbocycles. The monoisotopic (exact) mass is 1450 g/mol. The number of aliphatic hydroxyl groups is 23. The molecule has 7 heterocycles. The van der Waals surface area contributed by atoms with Gasteiger partial charge in [-0.3, -0.25) is 4.79 Å². The fourth-order valence-electron chi connectivity index (χ4n) is 17.8. The fraction of sp³-hybridized carbons (Fsp3) is 0.952. The predicted molar refractivity (Wildman–Crippen MR) is 317 cm³/mol. The van der Waals surface area contributed by atoms with Gasteiger partial charge in [0.25, 0.3) is 0 Å². The zero-order chi connectivity index (χ0) is 72.7. The third-order valence-electron chi connectivity index (χ3n) is 23.4. The summed E-state index contributed by atoms with van der Waals surface area (Å²) in [4.78, 5) is 15.8. The predicted octanol–water partition coefficient (Wildman–Crippen LogP) is -11.6. The lowest BCUT2D eigenvalue weighted by Crippen LogP contribution is -2.68. The van der Waals surface area contributed by atoms with E-state index in [0.29, 0.717) is 44.1 Å². The number of esters is 1. The number of hydrogen-bond donors (Lipinski definition) is 23. The number of ether oxygens (including phenoxy) is 14. The van der Waals surface area contributed by atoms with Gasteiger partial charge in [0.05, 0.1) is 57.3 Å². The maximum atomic E-state index is 15.8. The van der Waals surface area contributed by atoms with E-state index in [1.165, 1.54) is 0 Å². The number of carbonyl (C=O) groups excluding carboxylic acids is 1. The van der Waals surface area contributed by atoms with Crippen LogP contribution in [-0.2, 0) is 71.1 Å². The molecule has 41 atom stereocenters. The maximum absolute atomic E-state index is 15.8. The van der Waals surface area contributed by atoms with Crippen LogP contribution in [0.1, 0.15) is 71.6 Å². The minimum absolute atomic E-state index is 0.187. The molecule has 2 bridgehead atoms. The van der Waals surface area contributed by atoms with E-state index in [-0.39, 0.29) is 25.2 Å². The lowest BCUT2D eigenvalue weighted by Gasteiger charge is -2.64. The molecule has 11 fully saturated rings. The number of carbonyl (C=O) groups is 1. The molecule has 36 unspecified atom stereocenters. The highest BCUT2D eigenvalue weighted by molar-refractivity contribution is 5.77. The van der Waals surface area contributed by atoms with Crippen molar-refractivity contribution in [3.05, 3.63) is 12.2 Å². The Morgan fingerprint density at radius 2 is 0.750 bits per heavy atom. The Bertz CT molecular complexity index is 2720. The first-order valence-corrected chi connectivity index (χ1v) is 33.9. The van der Waals surface area contributed by atoms with E-state index in [1.54, 1.807) is 6.92 Å². The number of rotatable bonds is 21. The molecule has 11 aliphatic rings. The minimum atomic E-state index is -2.17. The summed E-state index contributed by atoms with van der Waals surface area (Å²) in [5.41, 5.74) is -3.61. The summed E-state index contributed by atoms with van der Waals surface area (Å²) in [5.74, 6) is -1.70. The van der Waals surface area contributed by atoms with Crippen molar-refractivity contribution >= 4 is 5.97 Å². The normalized spacial score (nSPS) is 54.5. The highest BCUT2D eigenvalue weighted by Gasteiger charge is 2.70. The molecule has 1 spiro atoms. The van der Waals surface area contributed by atoms with Gasteiger partial charge in [0.15, 0.2) is 43.8 Å². The molecule has 576 valence electrons. The van der Waals surface area contributed by atoms with Gasteiger partial charge in [0.1, 0.15) is 165 Å². The second kappa shape index (κ2) is 31.2. The summed E-state index contributed by atoms with van der Waals surface area (Å²) in [6, 6.07) is 0. The van der Waals surface area contributed by atoms with E-state index >= 15 is 4.79 Å². The van der Waals surface area contributed by atoms with Crippen molar-refractivity contribution in [3.8, 4) is 0 Å². The Kier molecular flexibility index (Phi) is 24.6. The number of fused-ring (bicyclic) bond motifs is 3. The Labute approximate surface area is 571 Å². The summed E-state index contributed by atoms with van der Waals surface area (Å²) in [7, 11) is 0. The Morgan fingerprint density at radius 3 is 1.18 bits per heavy atom. The van der Waals surface area contributed by atoms with Crippen molar-refractivity contribution in [1.82, 2.24) is 0 Å². The molecule has 4 aliphatic carbocycles. The summed E-state index contributed by atoms with van der Waals surface area (Å²) < 4.78 is 85.2. The minimum Gasteiger partial charge on any atom is -0.432 e. The van der Waals surface area contributed by atoms with Crippen molar-refractivity contribution in [2.45, 2.75) is 292 Å². The molecule has 0 amide bonds. The van der Waals surface area contributed by atoms with E-state index < -0.39 is 295 Å². The van der Waals surface area contributed by atoms with Crippen LogP contribution in [0.25, 0.3) is 0 Å². The first-order valence-electron chi connectivity index (χ1n) is 33.9. The van der Waals surface area contributed by atoms with Crippen LogP contribution in [0.4, 0.5) is 0 Å². The van der Waals surface area contributed by atoms with Gasteiger partial charge in [-0.1, -0.05) is 19.9 Å². The largest absolute Gasteiger partial charge is 0.432 e. The SMILES string of the molecule is C=C1C[C@@]23CC[C@H]4[C@@](C)(CCC[C@@]4(C)C(=O)OC4OC(COC5OC(CO)C(O)C(O)C5O)C(O)C(OC5OC(CO)C(O)C(O)C5O)C4OC4OC(CO)C(O)C(O)C4O)[C@@H]2CCC1(OC1OC(CO)C(O)C(OC2OC(CO)C(O)C(O)C2O)C1OC1OC(CO)C(O)C(O)C1O)C3. The number of hydrogen-bond acceptors (Lipinski definition) is 38. The zero-order valence-corrected chi connectivity index (χ0v) is 54.8. The molecule has 0 aromatic carbocycles. The van der Waals surface area contributed by atoms with E-state index in [1.807, 2.05) is 0 Å². The highest BCUT2D eigenvalue weighted by atomic mass is 16.8. The summed E-state index contributed by atoms with van der Waals surface area (Å²) in [6.07, 6.45) is -63.9. The van der Waals surface area contributed by atoms with Crippen LogP contribution < -0.4 is 0 Å². The molecule has 11 rings (SSSR count). The van der Waals surface area contributed by atoms with Gasteiger partial charge in [-0.05, 0) is 86.5 Å². The topological polar surface area (TPSA) is 612 Å². The second-order valence-corrected chi connectivity index (χ2v) is 29.3. The van der Waals surface area contributed by atoms with Crippen LogP contribution in [0.3, 0.4) is 0 Å². The number of aliphatic hydroxyl groups excluding tert-OH is 23. The van der Waals surface area contributed by atoms with Crippen molar-refractivity contribution < 1.29 is 189 Å². The molecule has 7 aliphatic heterocycles. The zero-order valence-electron chi connectivity index (χ0n) is 54.8. The van der Waals surface area contributed by atoms with Crippen molar-refractivity contribution in [2.75, 3.05) is 46.2 Å². The van der Waals surface area contributed by atoms with Crippen LogP contribution in [0.5, 0.6) is 0 Å². The average Bonchev–Trinajstić information content (AvgIpc) is 1.61. The molecule has 0 aromatic heterocycles. The second-order valence-electron chi connectivity index (χ2n) is 29.3. The van der Waals surface area contributed by atoms with E-state index in [2.05, 4.69) is 13.5 Å². The van der Waals surface area contributed by atoms with Crippen LogP contribution >= 0.6 is 0 Å². The quantitative estimate of drug-likeness (QED) is 0.0288. The molecule has 38 heteroatoms. The summed E-state index contributed by atoms with van der Waals surface area (Å²) in [5, 5.41) is 249. The molecule has 0 aromatic rings. The summed E-state index contributed by atoms with van der Waals surface area (Å²) in [6.45, 7) is 1.94. The summed E-state index contributed by atoms with van der Waals surface area (Å²) >= 11 is 0. The molecule has 0 radical (unpaired) electrons. The average molecular weight is 1450 g/mol. The van der Waals surface area contributed by atoms with Crippen molar-refractivity contribution in [1.29, 1.82) is 0 Å². The van der Waals surface area contributed by atoms with Gasteiger partial charge in [-0.25, -0.2) is 0 Å². The van der Waals surface area contributed by atoms with E-state index in [9.17, 15) is 117 Å². The first kappa shape index (κ1) is 78.8. The van der Waals surface area contributed by atoms with Crippen molar-refractivity contribution in [2.24, 2.45) is 28.1 Å². The Hall–Kier alpha value is -2.23. The van der Waals surface area contributed by atoms with Gasteiger partial charge in [-0.2, -0.15) is 0 Å². The molecule has 23 N–H and O–H groups in total. The molecular weight excluding hydrogens is 1350 g/mol. The van der Waals surface area contributed by atoms with Crippen LogP contribution in [-0.4, -0.2) is 390 Å². The Morgan fingerprint density at radius 1 is 0.400 bits per heavy atom. The fourth-order valence-corrected chi connectivity index (χ4v) is 17.8. The van der Waals surface area contributed by atoms with Gasteiger partial charge >= 0.3 is 5.97 Å². The molecular formula is C62H100O38. The molecule has 38 nitrogen and oxygen atoms in total. The Balaban J connectivity index is 0.888. The smallest absolute Gasteiger partial charge is 0.314 e. The first-order chi connectivity index (χ1) is 47.3. The standard InChI is InChI=1S/C62H100O38/c1-20-11-61-9-5-28-59(2,29(61)6-10-62(20,19-61)100-57-50(98-55-46(85)41(80)34(73)25(16-67)92-55)47(35(74)26(17-68)93-57)95-52-43(82)38(77)31(70)22(13-64)89-52)7-4-8-60(28,3)58(86)99-56-49(97-54-45(84)40(79)33(72)24(15-66)91-54)48(96-53-44(83)39(78)32(71)23(14-65)90-53)36(75)27(94-56)18-87-51-42(81)37(76)30(69)21(12-63)88-51/h21-57,63-85H,1,4-19H2,2-3H3/t21?,22?,23?,24?,25?,26?,27?,28-,29-,30?,31?,32?,33?,34?,35?,36?,37?,38?,39?,40?,41?,42?,43?,44?,45?,46?,47?,48?,49?,50?,51?,52?,53?,54?,55?,56?,57?,59+,60+,61+,62?/m0/s1. The third kappa shape index (κ3) is 14.1.